The van der Waals surface area contributed by atoms with Gasteiger partial charge in [0.25, 0.3) is 0 Å². The number of fused-ring (bicyclic) bond motifs is 3. The van der Waals surface area contributed by atoms with E-state index in [-0.39, 0.29) is 0 Å². The van der Waals surface area contributed by atoms with Crippen molar-refractivity contribution in [3.05, 3.63) is 215 Å². The maximum Gasteiger partial charge on any atom is 0.0713 e. The van der Waals surface area contributed by atoms with E-state index in [0.29, 0.717) is 0 Å². The van der Waals surface area contributed by atoms with Gasteiger partial charge in [0.1, 0.15) is 0 Å². The predicted octanol–water partition coefficient (Wildman–Crippen LogP) is 12.0. The summed E-state index contributed by atoms with van der Waals surface area (Å²) in [4.78, 5) is 4.37. The van der Waals surface area contributed by atoms with Gasteiger partial charge in [-0.1, -0.05) is 159 Å². The van der Waals surface area contributed by atoms with Crippen LogP contribution in [0.1, 0.15) is 52.8 Å². The molecular weight excluding hydrogens is 579 g/mol. The van der Waals surface area contributed by atoms with Gasteiger partial charge in [0.15, 0.2) is 0 Å². The van der Waals surface area contributed by atoms with Gasteiger partial charge >= 0.3 is 0 Å². The number of hydrogen-bond acceptors (Lipinski definition) is 1. The fourth-order valence-electron chi connectivity index (χ4n) is 7.34. The third kappa shape index (κ3) is 5.38. The van der Waals surface area contributed by atoms with Crippen molar-refractivity contribution in [3.8, 4) is 22.3 Å². The van der Waals surface area contributed by atoms with Crippen LogP contribution < -0.4 is 0 Å². The molecule has 0 saturated carbocycles. The monoisotopic (exact) mass is 617 g/mol. The highest BCUT2D eigenvalue weighted by atomic mass is 14.7. The summed E-state index contributed by atoms with van der Waals surface area (Å²) >= 11 is 0. The highest BCUT2D eigenvalue weighted by molar-refractivity contribution is 5.88. The lowest BCUT2D eigenvalue weighted by Crippen LogP contribution is -2.28. The molecule has 1 nitrogen and oxygen atoms in total. The molecule has 0 fully saturated rings. The van der Waals surface area contributed by atoms with Crippen LogP contribution in [-0.2, 0) is 11.8 Å². The van der Waals surface area contributed by atoms with Gasteiger partial charge in [0, 0.05) is 0 Å². The third-order valence-corrected chi connectivity index (χ3v) is 9.74. The molecule has 0 N–H and O–H groups in total. The van der Waals surface area contributed by atoms with Crippen LogP contribution in [0.3, 0.4) is 0 Å². The summed E-state index contributed by atoms with van der Waals surface area (Å²) in [6, 6.07) is 54.9. The molecule has 48 heavy (non-hydrogen) atoms. The van der Waals surface area contributed by atoms with E-state index in [2.05, 4.69) is 190 Å². The molecule has 0 unspecified atom stereocenters. The second-order valence-electron chi connectivity index (χ2n) is 12.5. The van der Waals surface area contributed by atoms with Gasteiger partial charge in [-0.25, -0.2) is 0 Å². The van der Waals surface area contributed by atoms with Crippen LogP contribution in [0.2, 0.25) is 0 Å². The van der Waals surface area contributed by atoms with E-state index in [9.17, 15) is 0 Å². The molecule has 7 rings (SSSR count). The van der Waals surface area contributed by atoms with Crippen molar-refractivity contribution in [2.24, 2.45) is 4.99 Å². The van der Waals surface area contributed by atoms with Gasteiger partial charge in [-0.05, 0) is 111 Å². The van der Waals surface area contributed by atoms with Gasteiger partial charge in [0.2, 0.25) is 0 Å². The first-order chi connectivity index (χ1) is 23.5. The molecule has 0 spiro atoms. The van der Waals surface area contributed by atoms with Crippen molar-refractivity contribution >= 4 is 18.4 Å². The quantitative estimate of drug-likeness (QED) is 0.113. The van der Waals surface area contributed by atoms with E-state index in [4.69, 9.17) is 0 Å². The summed E-state index contributed by atoms with van der Waals surface area (Å²) in [6.45, 7) is 12.5. The summed E-state index contributed by atoms with van der Waals surface area (Å²) in [7, 11) is 0. The molecule has 0 radical (unpaired) electrons. The van der Waals surface area contributed by atoms with E-state index in [0.717, 1.165) is 28.8 Å². The lowest BCUT2D eigenvalue weighted by molar-refractivity contribution is 0.769. The topological polar surface area (TPSA) is 12.4 Å². The first-order valence-electron chi connectivity index (χ1n) is 16.6. The van der Waals surface area contributed by atoms with E-state index < -0.39 is 5.41 Å². The van der Waals surface area contributed by atoms with Crippen LogP contribution in [0.25, 0.3) is 33.9 Å². The van der Waals surface area contributed by atoms with Crippen LogP contribution in [0, 0.1) is 0 Å². The SMILES string of the molecule is C=NC(=C\C(=C)c1ccc(-c2ccc3c(c2)C(c2ccccc2)(c2ccccc2)c2ccccc2-3)cc1)/C(C)=C/c1ccccc1CC. The Morgan fingerprint density at radius 2 is 1.23 bits per heavy atom. The number of aliphatic imine (C=N–C) groups is 1. The molecule has 0 aliphatic heterocycles. The minimum absolute atomic E-state index is 0.416. The molecule has 1 heteroatoms. The first-order valence-corrected chi connectivity index (χ1v) is 16.6. The number of rotatable bonds is 9. The van der Waals surface area contributed by atoms with E-state index in [1.54, 1.807) is 0 Å². The Morgan fingerprint density at radius 1 is 0.646 bits per heavy atom. The normalized spacial score (nSPS) is 13.5. The smallest absolute Gasteiger partial charge is 0.0713 e. The van der Waals surface area contributed by atoms with E-state index in [1.165, 1.54) is 55.6 Å². The first kappa shape index (κ1) is 30.8. The predicted molar refractivity (Wildman–Crippen MR) is 205 cm³/mol. The summed E-state index contributed by atoms with van der Waals surface area (Å²) in [6.07, 6.45) is 5.20. The Bertz CT molecular complexity index is 2140. The molecule has 0 atom stereocenters. The molecule has 0 aromatic heterocycles. The van der Waals surface area contributed by atoms with Crippen molar-refractivity contribution in [2.45, 2.75) is 25.7 Å². The standard InChI is InChI=1S/C47H39N/c1-5-35-16-12-13-17-38(35)30-34(3)46(48-4)31-33(2)36-24-26-37(27-25-36)39-28-29-43-42-22-14-15-23-44(42)47(45(43)32-39,40-18-8-6-9-19-40)41-20-10-7-11-21-41/h6-32H,2,4-5H2,1,3H3/b34-30+,46-31-. The Kier molecular flexibility index (Phi) is 8.44. The van der Waals surface area contributed by atoms with Gasteiger partial charge < -0.3 is 0 Å². The highest BCUT2D eigenvalue weighted by Crippen LogP contribution is 2.56. The Hall–Kier alpha value is -5.79. The summed E-state index contributed by atoms with van der Waals surface area (Å²) in [5, 5.41) is 0. The number of aryl methyl sites for hydroxylation is 1. The third-order valence-electron chi connectivity index (χ3n) is 9.74. The lowest BCUT2D eigenvalue weighted by atomic mass is 9.67. The summed E-state index contributed by atoms with van der Waals surface area (Å²) < 4.78 is 0. The molecule has 6 aromatic carbocycles. The van der Waals surface area contributed by atoms with Crippen LogP contribution in [0.15, 0.2) is 181 Å². The van der Waals surface area contributed by atoms with Gasteiger partial charge in [-0.15, -0.1) is 0 Å². The van der Waals surface area contributed by atoms with E-state index in [1.807, 2.05) is 6.08 Å². The van der Waals surface area contributed by atoms with Crippen LogP contribution in [0.4, 0.5) is 0 Å². The van der Waals surface area contributed by atoms with Crippen molar-refractivity contribution in [2.75, 3.05) is 0 Å². The zero-order valence-corrected chi connectivity index (χ0v) is 27.7. The highest BCUT2D eigenvalue weighted by Gasteiger charge is 2.46. The summed E-state index contributed by atoms with van der Waals surface area (Å²) in [5.74, 6) is 0. The maximum atomic E-state index is 4.40. The Balaban J connectivity index is 1.26. The Labute approximate surface area is 285 Å². The maximum absolute atomic E-state index is 4.40. The number of benzene rings is 6. The van der Waals surface area contributed by atoms with Crippen molar-refractivity contribution in [1.82, 2.24) is 0 Å². The van der Waals surface area contributed by atoms with Gasteiger partial charge in [-0.2, -0.15) is 0 Å². The molecular formula is C47H39N. The second kappa shape index (κ2) is 13.1. The average Bonchev–Trinajstić information content (AvgIpc) is 3.45. The molecule has 0 amide bonds. The van der Waals surface area contributed by atoms with Crippen molar-refractivity contribution < 1.29 is 0 Å². The Morgan fingerprint density at radius 3 is 1.90 bits per heavy atom. The number of hydrogen-bond donors (Lipinski definition) is 0. The van der Waals surface area contributed by atoms with Crippen LogP contribution >= 0.6 is 0 Å². The minimum atomic E-state index is -0.416. The van der Waals surface area contributed by atoms with Crippen LogP contribution in [-0.4, -0.2) is 6.72 Å². The van der Waals surface area contributed by atoms with Crippen molar-refractivity contribution in [1.29, 1.82) is 0 Å². The number of nitrogens with zero attached hydrogens (tertiary/aromatic N) is 1. The zero-order valence-electron chi connectivity index (χ0n) is 27.7. The molecule has 1 aliphatic carbocycles. The number of allylic oxidation sites excluding steroid dienone is 3. The summed E-state index contributed by atoms with van der Waals surface area (Å²) in [5.41, 5.74) is 16.0. The minimum Gasteiger partial charge on any atom is -0.264 e. The van der Waals surface area contributed by atoms with Gasteiger partial charge in [0.05, 0.1) is 11.1 Å². The largest absolute Gasteiger partial charge is 0.264 e. The lowest BCUT2D eigenvalue weighted by Gasteiger charge is -2.34. The fourth-order valence-corrected chi connectivity index (χ4v) is 7.34. The molecule has 0 saturated heterocycles. The average molecular weight is 618 g/mol. The second-order valence-corrected chi connectivity index (χ2v) is 12.5. The molecule has 6 aromatic rings. The zero-order chi connectivity index (χ0) is 33.1. The fraction of sp³-hybridized carbons (Fsp3) is 0.0851. The molecule has 0 bridgehead atoms. The molecule has 0 heterocycles. The molecule has 232 valence electrons. The van der Waals surface area contributed by atoms with Crippen LogP contribution in [0.5, 0.6) is 0 Å². The van der Waals surface area contributed by atoms with E-state index >= 15 is 0 Å². The molecule has 1 aliphatic rings. The van der Waals surface area contributed by atoms with Gasteiger partial charge in [-0.3, -0.25) is 4.99 Å². The van der Waals surface area contributed by atoms with Crippen molar-refractivity contribution in [3.63, 3.8) is 0 Å².